The summed E-state index contributed by atoms with van der Waals surface area (Å²) < 4.78 is 0. The molecule has 1 heterocycles. The number of benzene rings is 2. The number of nitrogens with zero attached hydrogens (tertiary/aromatic N) is 1. The van der Waals surface area contributed by atoms with E-state index in [1.54, 1.807) is 0 Å². The van der Waals surface area contributed by atoms with Crippen LogP contribution >= 0.6 is 0 Å². The summed E-state index contributed by atoms with van der Waals surface area (Å²) in [7, 11) is 0. The molecular weight excluding hydrogens is 218 g/mol. The Hall–Kier alpha value is -2.28. The second-order valence-electron chi connectivity index (χ2n) is 4.52. The third-order valence-corrected chi connectivity index (χ3v) is 3.18. The molecule has 0 N–H and O–H groups in total. The summed E-state index contributed by atoms with van der Waals surface area (Å²) in [6.45, 7) is 6.16. The van der Waals surface area contributed by atoms with Crippen molar-refractivity contribution in [3.8, 4) is 0 Å². The van der Waals surface area contributed by atoms with Gasteiger partial charge < -0.3 is 4.90 Å². The Morgan fingerprint density at radius 1 is 0.833 bits per heavy atom. The summed E-state index contributed by atoms with van der Waals surface area (Å²) in [5, 5.41) is 0. The lowest BCUT2D eigenvalue weighted by Crippen LogP contribution is -2.14. The quantitative estimate of drug-likeness (QED) is 0.681. The van der Waals surface area contributed by atoms with Crippen molar-refractivity contribution in [1.82, 2.24) is 0 Å². The van der Waals surface area contributed by atoms with Crippen molar-refractivity contribution in [1.29, 1.82) is 0 Å². The standard InChI is InChI=1S/C17H15N/c1-13(2)18-16-9-5-3-7-14(16)11-12-15-8-4-6-10-17(15)18/h3-12H,1H2,2H3. The first-order chi connectivity index (χ1) is 8.77. The molecule has 0 saturated carbocycles. The average molecular weight is 233 g/mol. The highest BCUT2D eigenvalue weighted by molar-refractivity contribution is 5.90. The van der Waals surface area contributed by atoms with Crippen LogP contribution in [0, 0.1) is 0 Å². The fraction of sp³-hybridized carbons (Fsp3) is 0.0588. The van der Waals surface area contributed by atoms with E-state index in [0.717, 1.165) is 5.70 Å². The summed E-state index contributed by atoms with van der Waals surface area (Å²) in [6, 6.07) is 16.8. The predicted octanol–water partition coefficient (Wildman–Crippen LogP) is 4.84. The van der Waals surface area contributed by atoms with E-state index in [1.807, 2.05) is 6.92 Å². The maximum atomic E-state index is 4.12. The highest BCUT2D eigenvalue weighted by Gasteiger charge is 2.17. The fourth-order valence-electron chi connectivity index (χ4n) is 2.38. The lowest BCUT2D eigenvalue weighted by molar-refractivity contribution is 1.16. The molecule has 0 radical (unpaired) electrons. The Labute approximate surface area is 108 Å². The minimum atomic E-state index is 1.03. The third kappa shape index (κ3) is 1.65. The van der Waals surface area contributed by atoms with Gasteiger partial charge in [0.2, 0.25) is 0 Å². The SMILES string of the molecule is C=C(C)N1c2ccccc2C=Cc2ccccc21. The van der Waals surface area contributed by atoms with Crippen LogP contribution in [0.15, 0.2) is 60.8 Å². The molecular formula is C17H15N. The minimum Gasteiger partial charge on any atom is -0.314 e. The van der Waals surface area contributed by atoms with E-state index < -0.39 is 0 Å². The van der Waals surface area contributed by atoms with Crippen molar-refractivity contribution in [2.45, 2.75) is 6.92 Å². The Bertz CT molecular complexity index is 588. The molecule has 0 amide bonds. The molecule has 1 nitrogen and oxygen atoms in total. The molecule has 1 aliphatic rings. The van der Waals surface area contributed by atoms with Crippen LogP contribution in [0.1, 0.15) is 18.1 Å². The van der Waals surface area contributed by atoms with Crippen molar-refractivity contribution in [3.63, 3.8) is 0 Å². The van der Waals surface area contributed by atoms with E-state index in [4.69, 9.17) is 0 Å². The summed E-state index contributed by atoms with van der Waals surface area (Å²) in [4.78, 5) is 2.21. The normalized spacial score (nSPS) is 12.6. The summed E-state index contributed by atoms with van der Waals surface area (Å²) >= 11 is 0. The Morgan fingerprint density at radius 2 is 1.28 bits per heavy atom. The van der Waals surface area contributed by atoms with Crippen LogP contribution in [-0.2, 0) is 0 Å². The van der Waals surface area contributed by atoms with E-state index in [9.17, 15) is 0 Å². The maximum absolute atomic E-state index is 4.12. The van der Waals surface area contributed by atoms with Crippen LogP contribution < -0.4 is 4.90 Å². The molecule has 3 rings (SSSR count). The molecule has 2 aromatic rings. The third-order valence-electron chi connectivity index (χ3n) is 3.18. The molecule has 0 spiro atoms. The molecule has 2 aromatic carbocycles. The molecule has 0 unspecified atom stereocenters. The molecule has 88 valence electrons. The smallest absolute Gasteiger partial charge is 0.0530 e. The van der Waals surface area contributed by atoms with Gasteiger partial charge in [-0.05, 0) is 30.2 Å². The monoisotopic (exact) mass is 233 g/mol. The fourth-order valence-corrected chi connectivity index (χ4v) is 2.38. The second-order valence-corrected chi connectivity index (χ2v) is 4.52. The van der Waals surface area contributed by atoms with Crippen molar-refractivity contribution < 1.29 is 0 Å². The largest absolute Gasteiger partial charge is 0.314 e. The van der Waals surface area contributed by atoms with Crippen LogP contribution in [0.3, 0.4) is 0 Å². The summed E-state index contributed by atoms with van der Waals surface area (Å²) in [5.41, 5.74) is 5.84. The van der Waals surface area contributed by atoms with Gasteiger partial charge in [0.25, 0.3) is 0 Å². The molecule has 0 aliphatic carbocycles. The van der Waals surface area contributed by atoms with Crippen LogP contribution in [0.25, 0.3) is 12.2 Å². The first kappa shape index (κ1) is 10.8. The van der Waals surface area contributed by atoms with Crippen molar-refractivity contribution in [3.05, 3.63) is 71.9 Å². The maximum Gasteiger partial charge on any atom is 0.0530 e. The van der Waals surface area contributed by atoms with Crippen LogP contribution in [0.5, 0.6) is 0 Å². The molecule has 0 fully saturated rings. The molecule has 1 heteroatoms. The molecule has 0 aromatic heterocycles. The predicted molar refractivity (Wildman–Crippen MR) is 78.8 cm³/mol. The van der Waals surface area contributed by atoms with Crippen molar-refractivity contribution >= 4 is 23.5 Å². The summed E-state index contributed by atoms with van der Waals surface area (Å²) in [5.74, 6) is 0. The molecule has 0 atom stereocenters. The zero-order chi connectivity index (χ0) is 12.5. The molecule has 1 aliphatic heterocycles. The number of hydrogen-bond donors (Lipinski definition) is 0. The van der Waals surface area contributed by atoms with Crippen molar-refractivity contribution in [2.24, 2.45) is 0 Å². The van der Waals surface area contributed by atoms with Crippen LogP contribution in [0.2, 0.25) is 0 Å². The number of anilines is 2. The number of allylic oxidation sites excluding steroid dienone is 1. The van der Waals surface area contributed by atoms with E-state index in [-0.39, 0.29) is 0 Å². The van der Waals surface area contributed by atoms with Crippen LogP contribution in [-0.4, -0.2) is 0 Å². The van der Waals surface area contributed by atoms with Gasteiger partial charge >= 0.3 is 0 Å². The molecule has 0 saturated heterocycles. The van der Waals surface area contributed by atoms with Gasteiger partial charge in [0.05, 0.1) is 11.4 Å². The number of fused-ring (bicyclic) bond motifs is 2. The molecule has 0 bridgehead atoms. The van der Waals surface area contributed by atoms with Gasteiger partial charge in [-0.25, -0.2) is 0 Å². The molecule has 18 heavy (non-hydrogen) atoms. The Morgan fingerprint density at radius 3 is 1.72 bits per heavy atom. The number of hydrogen-bond acceptors (Lipinski definition) is 1. The van der Waals surface area contributed by atoms with Gasteiger partial charge in [0.15, 0.2) is 0 Å². The number of para-hydroxylation sites is 2. The minimum absolute atomic E-state index is 1.03. The van der Waals surface area contributed by atoms with E-state index >= 15 is 0 Å². The average Bonchev–Trinajstić information content (AvgIpc) is 2.55. The van der Waals surface area contributed by atoms with Gasteiger partial charge in [-0.3, -0.25) is 0 Å². The van der Waals surface area contributed by atoms with E-state index in [0.29, 0.717) is 0 Å². The topological polar surface area (TPSA) is 3.24 Å². The lowest BCUT2D eigenvalue weighted by Gasteiger charge is -2.26. The van der Waals surface area contributed by atoms with E-state index in [1.165, 1.54) is 22.5 Å². The first-order valence-corrected chi connectivity index (χ1v) is 6.09. The van der Waals surface area contributed by atoms with Gasteiger partial charge in [0.1, 0.15) is 0 Å². The van der Waals surface area contributed by atoms with Crippen LogP contribution in [0.4, 0.5) is 11.4 Å². The van der Waals surface area contributed by atoms with Gasteiger partial charge in [0, 0.05) is 5.70 Å². The van der Waals surface area contributed by atoms with Gasteiger partial charge in [-0.1, -0.05) is 55.1 Å². The highest BCUT2D eigenvalue weighted by Crippen LogP contribution is 2.38. The van der Waals surface area contributed by atoms with E-state index in [2.05, 4.69) is 72.2 Å². The zero-order valence-corrected chi connectivity index (χ0v) is 10.4. The summed E-state index contributed by atoms with van der Waals surface area (Å²) in [6.07, 6.45) is 4.33. The zero-order valence-electron chi connectivity index (χ0n) is 10.4. The highest BCUT2D eigenvalue weighted by atomic mass is 15.1. The Balaban J connectivity index is 2.31. The van der Waals surface area contributed by atoms with Gasteiger partial charge in [-0.2, -0.15) is 0 Å². The number of rotatable bonds is 1. The first-order valence-electron chi connectivity index (χ1n) is 6.09. The Kier molecular flexibility index (Phi) is 2.52. The van der Waals surface area contributed by atoms with Crippen molar-refractivity contribution in [2.75, 3.05) is 4.90 Å². The van der Waals surface area contributed by atoms with Gasteiger partial charge in [-0.15, -0.1) is 0 Å². The lowest BCUT2D eigenvalue weighted by atomic mass is 10.1. The second kappa shape index (κ2) is 4.19.